The van der Waals surface area contributed by atoms with Gasteiger partial charge in [0.15, 0.2) is 17.1 Å². The van der Waals surface area contributed by atoms with Crippen LogP contribution in [-0.2, 0) is 4.74 Å². The molecule has 4 aromatic rings. The molecule has 0 saturated carbocycles. The summed E-state index contributed by atoms with van der Waals surface area (Å²) in [6.07, 6.45) is 2.67. The van der Waals surface area contributed by atoms with Gasteiger partial charge in [-0.15, -0.1) is 0 Å². The fraction of sp³-hybridized carbons (Fsp3) is 0.394. The molecule has 1 fully saturated rings. The van der Waals surface area contributed by atoms with Crippen molar-refractivity contribution in [2.24, 2.45) is 0 Å². The Morgan fingerprint density at radius 1 is 0.977 bits per heavy atom. The topological polar surface area (TPSA) is 117 Å². The minimum Gasteiger partial charge on any atom is -0.494 e. The Kier molecular flexibility index (Phi) is 8.93. The van der Waals surface area contributed by atoms with Crippen molar-refractivity contribution in [3.63, 3.8) is 0 Å². The number of benzene rings is 2. The van der Waals surface area contributed by atoms with E-state index in [0.717, 1.165) is 17.0 Å². The molecule has 5 rings (SSSR count). The molecule has 2 amide bonds. The molecule has 2 aromatic carbocycles. The number of carbonyl (C=O) groups is 2. The van der Waals surface area contributed by atoms with Gasteiger partial charge in [0.2, 0.25) is 0 Å². The van der Waals surface area contributed by atoms with Gasteiger partial charge in [-0.3, -0.25) is 4.79 Å². The predicted molar refractivity (Wildman–Crippen MR) is 167 cm³/mol. The molecule has 1 N–H and O–H groups in total. The standard InChI is InChI=1S/C33H39N5O6/c1-7-43-24-11-8-21(9-12-24)26-19-29-35-30(22-14-16-37(17-15-22)32(40)44-33(2,3)4)25(20-38(29)36-26)31(39)34-23-10-13-27(41-5)28(18-23)42-6/h8-13,18-20,22H,7,14-17H2,1-6H3,(H,34,39). The van der Waals surface area contributed by atoms with Crippen LogP contribution in [0.4, 0.5) is 10.5 Å². The van der Waals surface area contributed by atoms with Gasteiger partial charge in [-0.25, -0.2) is 14.3 Å². The first-order valence-corrected chi connectivity index (χ1v) is 14.7. The molecule has 1 saturated heterocycles. The van der Waals surface area contributed by atoms with Crippen molar-refractivity contribution in [2.75, 3.05) is 39.2 Å². The Bertz CT molecular complexity index is 1640. The maximum absolute atomic E-state index is 13.8. The van der Waals surface area contributed by atoms with Gasteiger partial charge in [0, 0.05) is 48.6 Å². The van der Waals surface area contributed by atoms with Crippen molar-refractivity contribution in [2.45, 2.75) is 52.1 Å². The third-order valence-corrected chi connectivity index (χ3v) is 7.36. The number of fused-ring (bicyclic) bond motifs is 1. The van der Waals surface area contributed by atoms with Gasteiger partial charge in [0.05, 0.1) is 37.8 Å². The lowest BCUT2D eigenvalue weighted by Gasteiger charge is -2.33. The highest BCUT2D eigenvalue weighted by atomic mass is 16.6. The van der Waals surface area contributed by atoms with Crippen molar-refractivity contribution < 1.29 is 28.5 Å². The van der Waals surface area contributed by atoms with Crippen LogP contribution in [0.3, 0.4) is 0 Å². The minimum atomic E-state index is -0.570. The van der Waals surface area contributed by atoms with E-state index in [4.69, 9.17) is 29.0 Å². The number of nitrogens with zero attached hydrogens (tertiary/aromatic N) is 4. The van der Waals surface area contributed by atoms with Crippen molar-refractivity contribution >= 4 is 23.3 Å². The summed E-state index contributed by atoms with van der Waals surface area (Å²) >= 11 is 0. The van der Waals surface area contributed by atoms with Gasteiger partial charge < -0.3 is 29.2 Å². The van der Waals surface area contributed by atoms with Gasteiger partial charge in [-0.05, 0) is 76.9 Å². The van der Waals surface area contributed by atoms with Crippen LogP contribution in [0.2, 0.25) is 0 Å². The molecule has 0 atom stereocenters. The average Bonchev–Trinajstić information content (AvgIpc) is 3.43. The first kappa shape index (κ1) is 30.7. The van der Waals surface area contributed by atoms with E-state index >= 15 is 0 Å². The second kappa shape index (κ2) is 12.8. The Morgan fingerprint density at radius 2 is 1.68 bits per heavy atom. The number of nitrogens with one attached hydrogen (secondary N) is 1. The van der Waals surface area contributed by atoms with Gasteiger partial charge in [0.1, 0.15) is 11.4 Å². The quantitative estimate of drug-likeness (QED) is 0.255. The van der Waals surface area contributed by atoms with E-state index in [1.54, 1.807) is 48.0 Å². The van der Waals surface area contributed by atoms with Gasteiger partial charge >= 0.3 is 6.09 Å². The Hall–Kier alpha value is -4.80. The van der Waals surface area contributed by atoms with Crippen LogP contribution < -0.4 is 19.5 Å². The SMILES string of the molecule is CCOc1ccc(-c2cc3nc(C4CCN(C(=O)OC(C)(C)C)CC4)c(C(=O)Nc4ccc(OC)c(OC)c4)cn3n2)cc1. The van der Waals surface area contributed by atoms with Gasteiger partial charge in [-0.2, -0.15) is 5.10 Å². The summed E-state index contributed by atoms with van der Waals surface area (Å²) in [5, 5.41) is 7.73. The highest BCUT2D eigenvalue weighted by Gasteiger charge is 2.31. The van der Waals surface area contributed by atoms with E-state index in [0.29, 0.717) is 66.6 Å². The van der Waals surface area contributed by atoms with E-state index in [-0.39, 0.29) is 17.9 Å². The Balaban J connectivity index is 1.47. The zero-order chi connectivity index (χ0) is 31.4. The fourth-order valence-electron chi connectivity index (χ4n) is 5.23. The van der Waals surface area contributed by atoms with E-state index in [1.165, 1.54) is 0 Å². The summed E-state index contributed by atoms with van der Waals surface area (Å²) in [5.74, 6) is 1.47. The molecule has 0 radical (unpaired) electrons. The van der Waals surface area contributed by atoms with Crippen molar-refractivity contribution in [3.05, 3.63) is 66.0 Å². The second-order valence-corrected chi connectivity index (χ2v) is 11.6. The zero-order valence-corrected chi connectivity index (χ0v) is 26.0. The summed E-state index contributed by atoms with van der Waals surface area (Å²) in [6, 6.07) is 14.8. The van der Waals surface area contributed by atoms with Crippen LogP contribution in [0.5, 0.6) is 17.2 Å². The molecule has 2 aromatic heterocycles. The third-order valence-electron chi connectivity index (χ3n) is 7.36. The molecular weight excluding hydrogens is 562 g/mol. The molecule has 44 heavy (non-hydrogen) atoms. The maximum atomic E-state index is 13.8. The van der Waals surface area contributed by atoms with Gasteiger partial charge in [-0.1, -0.05) is 0 Å². The number of ether oxygens (including phenoxy) is 4. The number of aromatic nitrogens is 3. The second-order valence-electron chi connectivity index (χ2n) is 11.6. The molecule has 11 nitrogen and oxygen atoms in total. The normalized spacial score (nSPS) is 13.9. The molecule has 1 aliphatic rings. The molecular formula is C33H39N5O6. The number of hydrogen-bond acceptors (Lipinski definition) is 8. The maximum Gasteiger partial charge on any atom is 0.410 e. The first-order valence-electron chi connectivity index (χ1n) is 14.7. The van der Waals surface area contributed by atoms with Crippen LogP contribution >= 0.6 is 0 Å². The predicted octanol–water partition coefficient (Wildman–Crippen LogP) is 6.18. The number of anilines is 1. The highest BCUT2D eigenvalue weighted by molar-refractivity contribution is 6.05. The van der Waals surface area contributed by atoms with Crippen molar-refractivity contribution in [1.29, 1.82) is 0 Å². The molecule has 0 bridgehead atoms. The molecule has 0 spiro atoms. The Labute approximate surface area is 257 Å². The van der Waals surface area contributed by atoms with E-state index < -0.39 is 5.60 Å². The van der Waals surface area contributed by atoms with E-state index in [1.807, 2.05) is 58.0 Å². The number of hydrogen-bond donors (Lipinski definition) is 1. The zero-order valence-electron chi connectivity index (χ0n) is 26.0. The average molecular weight is 602 g/mol. The third kappa shape index (κ3) is 6.88. The molecule has 1 aliphatic heterocycles. The molecule has 0 unspecified atom stereocenters. The monoisotopic (exact) mass is 601 g/mol. The number of rotatable bonds is 8. The molecule has 0 aliphatic carbocycles. The van der Waals surface area contributed by atoms with Crippen molar-refractivity contribution in [1.82, 2.24) is 19.5 Å². The highest BCUT2D eigenvalue weighted by Crippen LogP contribution is 2.33. The minimum absolute atomic E-state index is 0.0475. The molecule has 3 heterocycles. The fourth-order valence-corrected chi connectivity index (χ4v) is 5.23. The summed E-state index contributed by atoms with van der Waals surface area (Å²) in [6.45, 7) is 9.10. The van der Waals surface area contributed by atoms with Gasteiger partial charge in [0.25, 0.3) is 5.91 Å². The number of carbonyl (C=O) groups excluding carboxylic acids is 2. The van der Waals surface area contributed by atoms with Crippen LogP contribution in [0.15, 0.2) is 54.7 Å². The van der Waals surface area contributed by atoms with Crippen LogP contribution in [0, 0.1) is 0 Å². The number of likely N-dealkylation sites (tertiary alicyclic amines) is 1. The largest absolute Gasteiger partial charge is 0.494 e. The van der Waals surface area contributed by atoms with Crippen LogP contribution in [0.25, 0.3) is 16.9 Å². The summed E-state index contributed by atoms with van der Waals surface area (Å²) in [4.78, 5) is 33.2. The summed E-state index contributed by atoms with van der Waals surface area (Å²) in [7, 11) is 3.10. The smallest absolute Gasteiger partial charge is 0.410 e. The number of amides is 2. The molecule has 232 valence electrons. The number of methoxy groups -OCH3 is 2. The lowest BCUT2D eigenvalue weighted by molar-refractivity contribution is 0.0203. The summed E-state index contributed by atoms with van der Waals surface area (Å²) < 4.78 is 23.5. The lowest BCUT2D eigenvalue weighted by atomic mass is 9.90. The van der Waals surface area contributed by atoms with Crippen LogP contribution in [-0.4, -0.2) is 71.0 Å². The molecule has 11 heteroatoms. The Morgan fingerprint density at radius 3 is 2.32 bits per heavy atom. The van der Waals surface area contributed by atoms with E-state index in [9.17, 15) is 9.59 Å². The van der Waals surface area contributed by atoms with E-state index in [2.05, 4.69) is 5.32 Å². The number of piperidine rings is 1. The van der Waals surface area contributed by atoms with Crippen molar-refractivity contribution in [3.8, 4) is 28.5 Å². The summed E-state index contributed by atoms with van der Waals surface area (Å²) in [5.41, 5.74) is 3.31. The first-order chi connectivity index (χ1) is 21.1. The lowest BCUT2D eigenvalue weighted by Crippen LogP contribution is -2.41. The van der Waals surface area contributed by atoms with Crippen LogP contribution in [0.1, 0.15) is 62.5 Å².